The molecule has 0 atom stereocenters. The molecule has 0 unspecified atom stereocenters. The van der Waals surface area contributed by atoms with Crippen molar-refractivity contribution in [3.05, 3.63) is 11.9 Å². The van der Waals surface area contributed by atoms with E-state index in [9.17, 15) is 0 Å². The lowest BCUT2D eigenvalue weighted by atomic mass is 10.5. The third kappa shape index (κ3) is 0.974. The first-order valence-electron chi connectivity index (χ1n) is 2.27. The summed E-state index contributed by atoms with van der Waals surface area (Å²) in [6.07, 6.45) is 3.22. The molecular formula is C4H8N4. The maximum absolute atomic E-state index is 5.32. The highest BCUT2D eigenvalue weighted by atomic mass is 15.4. The standard InChI is InChI=1S/C4H8N4/c5-4-1-7-3-8(6)2-4/h1-2H,3,5-6H2. The molecule has 0 saturated carbocycles. The van der Waals surface area contributed by atoms with Crippen LogP contribution in [0.2, 0.25) is 0 Å². The van der Waals surface area contributed by atoms with E-state index in [4.69, 9.17) is 11.6 Å². The van der Waals surface area contributed by atoms with Crippen LogP contribution in [0, 0.1) is 0 Å². The van der Waals surface area contributed by atoms with Gasteiger partial charge in [0.25, 0.3) is 0 Å². The average Bonchev–Trinajstić information content (AvgIpc) is 1.64. The van der Waals surface area contributed by atoms with E-state index in [0.717, 1.165) is 0 Å². The van der Waals surface area contributed by atoms with Gasteiger partial charge in [0.05, 0.1) is 5.70 Å². The second-order valence-electron chi connectivity index (χ2n) is 1.60. The Hall–Kier alpha value is -1.03. The molecule has 0 radical (unpaired) electrons. The smallest absolute Gasteiger partial charge is 0.124 e. The zero-order chi connectivity index (χ0) is 5.98. The number of nitrogens with zero attached hydrogens (tertiary/aromatic N) is 2. The van der Waals surface area contributed by atoms with E-state index in [1.165, 1.54) is 5.01 Å². The molecule has 4 nitrogen and oxygen atoms in total. The van der Waals surface area contributed by atoms with Gasteiger partial charge in [0.2, 0.25) is 0 Å². The fourth-order valence-electron chi connectivity index (χ4n) is 0.506. The van der Waals surface area contributed by atoms with E-state index in [1.54, 1.807) is 12.4 Å². The van der Waals surface area contributed by atoms with Crippen molar-refractivity contribution in [2.75, 3.05) is 6.67 Å². The maximum atomic E-state index is 5.32. The zero-order valence-corrected chi connectivity index (χ0v) is 4.41. The number of aliphatic imine (C=N–C) groups is 1. The van der Waals surface area contributed by atoms with Crippen LogP contribution in [-0.2, 0) is 0 Å². The Bertz CT molecular complexity index is 137. The van der Waals surface area contributed by atoms with Crippen molar-refractivity contribution >= 4 is 6.21 Å². The number of hydrogen-bond acceptors (Lipinski definition) is 4. The molecule has 0 aliphatic carbocycles. The van der Waals surface area contributed by atoms with Gasteiger partial charge in [-0.1, -0.05) is 0 Å². The summed E-state index contributed by atoms with van der Waals surface area (Å²) in [4.78, 5) is 3.82. The van der Waals surface area contributed by atoms with Crippen molar-refractivity contribution in [3.8, 4) is 0 Å². The number of hydrogen-bond donors (Lipinski definition) is 2. The molecule has 8 heavy (non-hydrogen) atoms. The Morgan fingerprint density at radius 2 is 2.50 bits per heavy atom. The van der Waals surface area contributed by atoms with Gasteiger partial charge in [-0.15, -0.1) is 0 Å². The Morgan fingerprint density at radius 1 is 1.75 bits per heavy atom. The molecule has 0 aromatic rings. The summed E-state index contributed by atoms with van der Waals surface area (Å²) in [7, 11) is 0. The first kappa shape index (κ1) is 5.11. The van der Waals surface area contributed by atoms with Gasteiger partial charge >= 0.3 is 0 Å². The second kappa shape index (κ2) is 1.83. The largest absolute Gasteiger partial charge is 0.396 e. The molecule has 0 aromatic carbocycles. The second-order valence-corrected chi connectivity index (χ2v) is 1.60. The van der Waals surface area contributed by atoms with Crippen molar-refractivity contribution in [3.63, 3.8) is 0 Å². The Morgan fingerprint density at radius 3 is 2.88 bits per heavy atom. The van der Waals surface area contributed by atoms with Crippen LogP contribution in [0.15, 0.2) is 16.9 Å². The molecule has 0 fully saturated rings. The molecule has 4 heteroatoms. The molecule has 1 rings (SSSR count). The van der Waals surface area contributed by atoms with Gasteiger partial charge in [-0.25, -0.2) is 5.84 Å². The average molecular weight is 112 g/mol. The lowest BCUT2D eigenvalue weighted by Gasteiger charge is -2.13. The monoisotopic (exact) mass is 112 g/mol. The van der Waals surface area contributed by atoms with Gasteiger partial charge in [-0.2, -0.15) is 0 Å². The highest BCUT2D eigenvalue weighted by Crippen LogP contribution is 1.90. The summed E-state index contributed by atoms with van der Waals surface area (Å²) in [6.45, 7) is 0.501. The van der Waals surface area contributed by atoms with E-state index in [0.29, 0.717) is 12.4 Å². The number of nitrogens with two attached hydrogens (primary N) is 2. The topological polar surface area (TPSA) is 67.6 Å². The lowest BCUT2D eigenvalue weighted by Crippen LogP contribution is -2.29. The van der Waals surface area contributed by atoms with Crippen molar-refractivity contribution in [1.82, 2.24) is 5.01 Å². The summed E-state index contributed by atoms with van der Waals surface area (Å²) in [5, 5.41) is 1.43. The fraction of sp³-hybridized carbons (Fsp3) is 0.250. The lowest BCUT2D eigenvalue weighted by molar-refractivity contribution is 0.402. The van der Waals surface area contributed by atoms with Crippen LogP contribution in [0.4, 0.5) is 0 Å². The molecular weight excluding hydrogens is 104 g/mol. The van der Waals surface area contributed by atoms with Crippen molar-refractivity contribution in [1.29, 1.82) is 0 Å². The molecule has 0 aromatic heterocycles. The highest BCUT2D eigenvalue weighted by Gasteiger charge is 1.95. The van der Waals surface area contributed by atoms with Crippen molar-refractivity contribution in [2.24, 2.45) is 16.6 Å². The minimum Gasteiger partial charge on any atom is -0.396 e. The predicted octanol–water partition coefficient (Wildman–Crippen LogP) is -0.996. The molecule has 0 bridgehead atoms. The molecule has 0 saturated heterocycles. The number of rotatable bonds is 0. The van der Waals surface area contributed by atoms with Crippen LogP contribution in [0.5, 0.6) is 0 Å². The summed E-state index contributed by atoms with van der Waals surface area (Å²) in [6, 6.07) is 0. The first-order valence-corrected chi connectivity index (χ1v) is 2.27. The van der Waals surface area contributed by atoms with E-state index in [2.05, 4.69) is 4.99 Å². The quantitative estimate of drug-likeness (QED) is 0.395. The van der Waals surface area contributed by atoms with Crippen LogP contribution in [0.3, 0.4) is 0 Å². The van der Waals surface area contributed by atoms with E-state index in [-0.39, 0.29) is 0 Å². The van der Waals surface area contributed by atoms with Crippen LogP contribution in [-0.4, -0.2) is 17.9 Å². The van der Waals surface area contributed by atoms with Crippen LogP contribution >= 0.6 is 0 Å². The SMILES string of the molecule is NC1=CN(N)CN=C1. The summed E-state index contributed by atoms with van der Waals surface area (Å²) < 4.78 is 0. The number of hydrazine groups is 1. The number of allylic oxidation sites excluding steroid dienone is 1. The summed E-state index contributed by atoms with van der Waals surface area (Å²) in [5.74, 6) is 5.29. The van der Waals surface area contributed by atoms with Gasteiger partial charge in [0, 0.05) is 12.4 Å². The first-order chi connectivity index (χ1) is 3.79. The maximum Gasteiger partial charge on any atom is 0.124 e. The van der Waals surface area contributed by atoms with Crippen LogP contribution < -0.4 is 11.6 Å². The predicted molar refractivity (Wildman–Crippen MR) is 31.7 cm³/mol. The molecule has 1 heterocycles. The molecule has 1 aliphatic rings. The van der Waals surface area contributed by atoms with E-state index < -0.39 is 0 Å². The molecule has 0 amide bonds. The Labute approximate surface area is 47.4 Å². The van der Waals surface area contributed by atoms with Crippen LogP contribution in [0.1, 0.15) is 0 Å². The van der Waals surface area contributed by atoms with E-state index in [1.807, 2.05) is 0 Å². The van der Waals surface area contributed by atoms with E-state index >= 15 is 0 Å². The summed E-state index contributed by atoms with van der Waals surface area (Å²) >= 11 is 0. The third-order valence-electron chi connectivity index (χ3n) is 0.800. The zero-order valence-electron chi connectivity index (χ0n) is 4.41. The van der Waals surface area contributed by atoms with Gasteiger partial charge < -0.3 is 5.73 Å². The van der Waals surface area contributed by atoms with Gasteiger partial charge in [-0.3, -0.25) is 10.0 Å². The third-order valence-corrected chi connectivity index (χ3v) is 0.800. The Kier molecular flexibility index (Phi) is 1.17. The minimum atomic E-state index is 0.501. The van der Waals surface area contributed by atoms with Crippen molar-refractivity contribution < 1.29 is 0 Å². The van der Waals surface area contributed by atoms with Gasteiger partial charge in [0.15, 0.2) is 0 Å². The molecule has 1 aliphatic heterocycles. The van der Waals surface area contributed by atoms with Gasteiger partial charge in [0.1, 0.15) is 6.67 Å². The highest BCUT2D eigenvalue weighted by molar-refractivity contribution is 5.77. The molecule has 4 N–H and O–H groups in total. The molecule has 0 spiro atoms. The Balaban J connectivity index is 2.63. The summed E-state index contributed by atoms with van der Waals surface area (Å²) in [5.41, 5.74) is 5.91. The fourth-order valence-corrected chi connectivity index (χ4v) is 0.506. The normalized spacial score (nSPS) is 18.6. The molecule has 44 valence electrons. The van der Waals surface area contributed by atoms with Crippen LogP contribution in [0.25, 0.3) is 0 Å². The van der Waals surface area contributed by atoms with Gasteiger partial charge in [-0.05, 0) is 0 Å². The minimum absolute atomic E-state index is 0.501. The van der Waals surface area contributed by atoms with Crippen molar-refractivity contribution in [2.45, 2.75) is 0 Å².